The Morgan fingerprint density at radius 1 is 1.03 bits per heavy atom. The van der Waals surface area contributed by atoms with Crippen LogP contribution in [0.2, 0.25) is 0 Å². The summed E-state index contributed by atoms with van der Waals surface area (Å²) < 4.78 is 39.2. The van der Waals surface area contributed by atoms with Crippen LogP contribution in [0.5, 0.6) is 5.75 Å². The van der Waals surface area contributed by atoms with Gasteiger partial charge in [-0.1, -0.05) is 48.5 Å². The number of nitrogens with one attached hydrogen (secondary N) is 2. The summed E-state index contributed by atoms with van der Waals surface area (Å²) in [6, 6.07) is 17.5. The zero-order valence-electron chi connectivity index (χ0n) is 21.4. The van der Waals surface area contributed by atoms with Gasteiger partial charge in [-0.3, -0.25) is 4.79 Å². The summed E-state index contributed by atoms with van der Waals surface area (Å²) >= 11 is 0. The molecular formula is C30H29F2N3O4. The van der Waals surface area contributed by atoms with Gasteiger partial charge in [0.2, 0.25) is 6.10 Å². The molecule has 1 aliphatic rings. The minimum atomic E-state index is -1.08. The molecule has 39 heavy (non-hydrogen) atoms. The number of aliphatic hydroxyl groups is 1. The molecule has 0 bridgehead atoms. The van der Waals surface area contributed by atoms with Crippen LogP contribution in [-0.2, 0) is 24.2 Å². The number of aromatic nitrogens is 1. The molecule has 0 aliphatic carbocycles. The maximum Gasteiger partial charge on any atom is 0.266 e. The van der Waals surface area contributed by atoms with Crippen LogP contribution < -0.4 is 15.4 Å². The first-order chi connectivity index (χ1) is 18.9. The van der Waals surface area contributed by atoms with Gasteiger partial charge in [-0.05, 0) is 53.8 Å². The number of benzene rings is 3. The number of fused-ring (bicyclic) bond motifs is 3. The highest BCUT2D eigenvalue weighted by atomic mass is 19.1. The molecule has 0 radical (unpaired) electrons. The molecule has 0 spiro atoms. The molecule has 1 aliphatic heterocycles. The van der Waals surface area contributed by atoms with E-state index in [0.717, 1.165) is 18.1 Å². The maximum atomic E-state index is 13.9. The molecule has 0 saturated carbocycles. The fourth-order valence-electron chi connectivity index (χ4n) is 4.77. The number of carbonyl (C=O) groups is 1. The lowest BCUT2D eigenvalue weighted by Crippen LogP contribution is -2.50. The quantitative estimate of drug-likeness (QED) is 0.278. The van der Waals surface area contributed by atoms with Crippen LogP contribution in [0.25, 0.3) is 11.3 Å². The van der Waals surface area contributed by atoms with E-state index in [0.29, 0.717) is 34.7 Å². The van der Waals surface area contributed by atoms with Gasteiger partial charge in [0.05, 0.1) is 29.5 Å². The maximum absolute atomic E-state index is 13.9. The monoisotopic (exact) mass is 533 g/mol. The number of ether oxygens (including phenoxy) is 1. The second-order valence-corrected chi connectivity index (χ2v) is 9.57. The Morgan fingerprint density at radius 3 is 2.59 bits per heavy atom. The summed E-state index contributed by atoms with van der Waals surface area (Å²) in [6.45, 7) is 2.72. The smallest absolute Gasteiger partial charge is 0.266 e. The standard InChI is InChI=1S/C30H29F2N3O4/c1-2-18-6-5-7-19(10-18)15-33-17-26(36)25(13-20-11-21(31)14-22(32)12-20)35-30(37)29-24-16-34-39-28(24)23-8-3-4-9-27(23)38-29/h3-12,14,16,25-26,29,33,36H,2,13,15,17H2,1H3,(H,35,37)/t25-,26-,29?/m0/s1. The summed E-state index contributed by atoms with van der Waals surface area (Å²) in [4.78, 5) is 13.5. The predicted molar refractivity (Wildman–Crippen MR) is 141 cm³/mol. The van der Waals surface area contributed by atoms with Gasteiger partial charge in [0.15, 0.2) is 5.76 Å². The number of aliphatic hydroxyl groups excluding tert-OH is 1. The highest BCUT2D eigenvalue weighted by Crippen LogP contribution is 2.42. The summed E-state index contributed by atoms with van der Waals surface area (Å²) in [5, 5.41) is 21.0. The first-order valence-electron chi connectivity index (χ1n) is 12.8. The molecule has 3 atom stereocenters. The fraction of sp³-hybridized carbons (Fsp3) is 0.267. The molecule has 1 unspecified atom stereocenters. The molecule has 7 nitrogen and oxygen atoms in total. The van der Waals surface area contributed by atoms with E-state index in [2.05, 4.69) is 34.8 Å². The number of hydrogen-bond acceptors (Lipinski definition) is 6. The average molecular weight is 534 g/mol. The minimum Gasteiger partial charge on any atom is -0.475 e. The van der Waals surface area contributed by atoms with Gasteiger partial charge in [-0.15, -0.1) is 0 Å². The lowest BCUT2D eigenvalue weighted by Gasteiger charge is -2.29. The normalized spacial score (nSPS) is 15.5. The molecule has 202 valence electrons. The minimum absolute atomic E-state index is 0.00557. The Bertz CT molecular complexity index is 1440. The summed E-state index contributed by atoms with van der Waals surface area (Å²) in [5.41, 5.74) is 3.69. The molecule has 0 fully saturated rings. The van der Waals surface area contributed by atoms with Crippen LogP contribution in [0.15, 0.2) is 77.4 Å². The first-order valence-corrected chi connectivity index (χ1v) is 12.8. The molecule has 1 amide bonds. The van der Waals surface area contributed by atoms with Crippen molar-refractivity contribution in [3.8, 4) is 17.1 Å². The van der Waals surface area contributed by atoms with Crippen LogP contribution in [-0.4, -0.2) is 34.9 Å². The fourth-order valence-corrected chi connectivity index (χ4v) is 4.77. The van der Waals surface area contributed by atoms with Gasteiger partial charge in [-0.25, -0.2) is 8.78 Å². The number of aryl methyl sites for hydroxylation is 1. The predicted octanol–water partition coefficient (Wildman–Crippen LogP) is 4.49. The third-order valence-corrected chi connectivity index (χ3v) is 6.75. The zero-order chi connectivity index (χ0) is 27.4. The Balaban J connectivity index is 1.33. The van der Waals surface area contributed by atoms with Gasteiger partial charge in [0.1, 0.15) is 17.4 Å². The number of rotatable bonds is 10. The molecule has 2 heterocycles. The molecular weight excluding hydrogens is 504 g/mol. The average Bonchev–Trinajstić information content (AvgIpc) is 3.42. The van der Waals surface area contributed by atoms with Gasteiger partial charge in [0, 0.05) is 19.2 Å². The topological polar surface area (TPSA) is 96.6 Å². The molecule has 3 aromatic carbocycles. The van der Waals surface area contributed by atoms with Gasteiger partial charge < -0.3 is 25.0 Å². The van der Waals surface area contributed by atoms with Crippen molar-refractivity contribution in [3.05, 3.63) is 107 Å². The molecule has 3 N–H and O–H groups in total. The van der Waals surface area contributed by atoms with Crippen LogP contribution in [0.3, 0.4) is 0 Å². The van der Waals surface area contributed by atoms with Crippen molar-refractivity contribution in [1.29, 1.82) is 0 Å². The SMILES string of the molecule is CCc1cccc(CNC[C@H](O)[C@H](Cc2cc(F)cc(F)c2)NC(=O)C2Oc3ccccc3-c3oncc32)c1. The summed E-state index contributed by atoms with van der Waals surface area (Å²) in [7, 11) is 0. The molecule has 4 aromatic rings. The zero-order valence-corrected chi connectivity index (χ0v) is 21.4. The van der Waals surface area contributed by atoms with E-state index >= 15 is 0 Å². The largest absolute Gasteiger partial charge is 0.475 e. The second-order valence-electron chi connectivity index (χ2n) is 9.57. The number of amides is 1. The molecule has 1 aromatic heterocycles. The molecule has 5 rings (SSSR count). The van der Waals surface area contributed by atoms with E-state index in [1.54, 1.807) is 18.2 Å². The number of para-hydroxylation sites is 1. The van der Waals surface area contributed by atoms with E-state index in [4.69, 9.17) is 9.26 Å². The van der Waals surface area contributed by atoms with Gasteiger partial charge in [-0.2, -0.15) is 0 Å². The van der Waals surface area contributed by atoms with Crippen LogP contribution in [0.4, 0.5) is 8.78 Å². The van der Waals surface area contributed by atoms with E-state index < -0.39 is 35.8 Å². The number of hydrogen-bond donors (Lipinski definition) is 3. The van der Waals surface area contributed by atoms with E-state index in [1.807, 2.05) is 18.2 Å². The first kappa shape index (κ1) is 26.5. The van der Waals surface area contributed by atoms with Crippen molar-refractivity contribution in [2.24, 2.45) is 0 Å². The van der Waals surface area contributed by atoms with Crippen molar-refractivity contribution in [3.63, 3.8) is 0 Å². The van der Waals surface area contributed by atoms with Gasteiger partial charge in [0.25, 0.3) is 5.91 Å². The molecule has 0 saturated heterocycles. The highest BCUT2D eigenvalue weighted by molar-refractivity contribution is 5.87. The van der Waals surface area contributed by atoms with E-state index in [-0.39, 0.29) is 13.0 Å². The van der Waals surface area contributed by atoms with E-state index in [1.165, 1.54) is 23.9 Å². The van der Waals surface area contributed by atoms with Crippen molar-refractivity contribution in [2.45, 2.75) is 44.6 Å². The lowest BCUT2D eigenvalue weighted by molar-refractivity contribution is -0.130. The van der Waals surface area contributed by atoms with Gasteiger partial charge >= 0.3 is 0 Å². The number of nitrogens with zero attached hydrogens (tertiary/aromatic N) is 1. The Kier molecular flexibility index (Phi) is 7.99. The summed E-state index contributed by atoms with van der Waals surface area (Å²) in [6.07, 6.45) is 0.178. The van der Waals surface area contributed by atoms with Crippen LogP contribution in [0, 0.1) is 11.6 Å². The van der Waals surface area contributed by atoms with Crippen LogP contribution in [0.1, 0.15) is 35.3 Å². The van der Waals surface area contributed by atoms with Crippen molar-refractivity contribution >= 4 is 5.91 Å². The number of halogens is 2. The Morgan fingerprint density at radius 2 is 1.79 bits per heavy atom. The highest BCUT2D eigenvalue weighted by Gasteiger charge is 2.36. The summed E-state index contributed by atoms with van der Waals surface area (Å²) in [5.74, 6) is -1.12. The van der Waals surface area contributed by atoms with E-state index in [9.17, 15) is 18.7 Å². The van der Waals surface area contributed by atoms with Crippen molar-refractivity contribution in [1.82, 2.24) is 15.8 Å². The third kappa shape index (κ3) is 6.16. The molecule has 9 heteroatoms. The number of carbonyl (C=O) groups excluding carboxylic acids is 1. The lowest BCUT2D eigenvalue weighted by atomic mass is 9.98. The Hall–Kier alpha value is -4.08. The van der Waals surface area contributed by atoms with Crippen molar-refractivity contribution < 1.29 is 27.9 Å². The Labute approximate surface area is 224 Å². The van der Waals surface area contributed by atoms with Crippen molar-refractivity contribution in [2.75, 3.05) is 6.54 Å². The second kappa shape index (κ2) is 11.8. The third-order valence-electron chi connectivity index (χ3n) is 6.75. The van der Waals surface area contributed by atoms with Crippen LogP contribution >= 0.6 is 0 Å².